The molecule has 1 saturated carbocycles. The Hall–Kier alpha value is -3.81. The molecule has 0 spiro atoms. The molecular weight excluding hydrogens is 390 g/mol. The standard InChI is InChI=1S/C23H23N7O/c1-16-22(23(31)24-14-13-21-26-25-15-29(21)19-11-12-19)27-28-30(16)20-9-7-18(8-10-20)17-5-3-2-4-6-17/h2-10,15,19H,11-14H2,1H3,(H,24,31). The van der Waals surface area contributed by atoms with Crippen LogP contribution >= 0.6 is 0 Å². The van der Waals surface area contributed by atoms with Gasteiger partial charge in [-0.25, -0.2) is 4.68 Å². The fraction of sp³-hybridized carbons (Fsp3) is 0.261. The van der Waals surface area contributed by atoms with Gasteiger partial charge >= 0.3 is 0 Å². The minimum atomic E-state index is -0.234. The lowest BCUT2D eigenvalue weighted by Crippen LogP contribution is -2.27. The van der Waals surface area contributed by atoms with E-state index in [0.717, 1.165) is 22.6 Å². The van der Waals surface area contributed by atoms with E-state index in [1.54, 1.807) is 11.0 Å². The van der Waals surface area contributed by atoms with Gasteiger partial charge in [-0.2, -0.15) is 0 Å². The van der Waals surface area contributed by atoms with Gasteiger partial charge in [-0.05, 0) is 43.0 Å². The molecule has 0 aliphatic heterocycles. The van der Waals surface area contributed by atoms with Gasteiger partial charge in [-0.3, -0.25) is 4.79 Å². The average molecular weight is 413 g/mol. The van der Waals surface area contributed by atoms with E-state index in [1.807, 2.05) is 49.4 Å². The van der Waals surface area contributed by atoms with Crippen LogP contribution in [0.15, 0.2) is 60.9 Å². The average Bonchev–Trinajstić information content (AvgIpc) is 3.42. The van der Waals surface area contributed by atoms with Gasteiger partial charge in [0.05, 0.1) is 11.4 Å². The minimum Gasteiger partial charge on any atom is -0.350 e. The smallest absolute Gasteiger partial charge is 0.273 e. The summed E-state index contributed by atoms with van der Waals surface area (Å²) < 4.78 is 3.79. The lowest BCUT2D eigenvalue weighted by molar-refractivity contribution is 0.0948. The zero-order valence-corrected chi connectivity index (χ0v) is 17.3. The first-order valence-corrected chi connectivity index (χ1v) is 10.5. The van der Waals surface area contributed by atoms with Crippen molar-refractivity contribution in [3.05, 3.63) is 78.1 Å². The van der Waals surface area contributed by atoms with Crippen LogP contribution in [0, 0.1) is 6.92 Å². The van der Waals surface area contributed by atoms with Gasteiger partial charge in [0.1, 0.15) is 12.2 Å². The van der Waals surface area contributed by atoms with Gasteiger partial charge in [0.2, 0.25) is 0 Å². The predicted molar refractivity (Wildman–Crippen MR) is 116 cm³/mol. The number of carbonyl (C=O) groups excluding carboxylic acids is 1. The summed E-state index contributed by atoms with van der Waals surface area (Å²) in [7, 11) is 0. The third-order valence-electron chi connectivity index (χ3n) is 5.55. The van der Waals surface area contributed by atoms with Gasteiger partial charge in [0.25, 0.3) is 5.91 Å². The Bertz CT molecular complexity index is 1190. The van der Waals surface area contributed by atoms with Crippen LogP contribution in [0.2, 0.25) is 0 Å². The Morgan fingerprint density at radius 3 is 2.52 bits per heavy atom. The van der Waals surface area contributed by atoms with Gasteiger partial charge in [0, 0.05) is 19.0 Å². The number of carbonyl (C=O) groups is 1. The maximum Gasteiger partial charge on any atom is 0.273 e. The quantitative estimate of drug-likeness (QED) is 0.503. The lowest BCUT2D eigenvalue weighted by Gasteiger charge is -2.07. The maximum atomic E-state index is 12.6. The molecule has 2 aromatic carbocycles. The van der Waals surface area contributed by atoms with Gasteiger partial charge in [-0.1, -0.05) is 47.7 Å². The van der Waals surface area contributed by atoms with Gasteiger partial charge in [0.15, 0.2) is 5.69 Å². The summed E-state index contributed by atoms with van der Waals surface area (Å²) in [6.45, 7) is 2.33. The van der Waals surface area contributed by atoms with E-state index in [1.165, 1.54) is 12.8 Å². The number of aromatic nitrogens is 6. The van der Waals surface area contributed by atoms with Crippen LogP contribution in [-0.2, 0) is 6.42 Å². The molecule has 0 bridgehead atoms. The molecule has 8 heteroatoms. The van der Waals surface area contributed by atoms with Crippen molar-refractivity contribution in [1.29, 1.82) is 0 Å². The van der Waals surface area contributed by atoms with E-state index >= 15 is 0 Å². The molecule has 4 aromatic rings. The Morgan fingerprint density at radius 2 is 1.77 bits per heavy atom. The maximum absolute atomic E-state index is 12.6. The molecule has 0 radical (unpaired) electrons. The Kier molecular flexibility index (Phi) is 5.03. The Morgan fingerprint density at radius 1 is 1.03 bits per heavy atom. The van der Waals surface area contributed by atoms with E-state index in [-0.39, 0.29) is 5.91 Å². The van der Waals surface area contributed by atoms with Crippen LogP contribution in [-0.4, -0.2) is 42.2 Å². The predicted octanol–water partition coefficient (Wildman–Crippen LogP) is 3.14. The SMILES string of the molecule is Cc1c(C(=O)NCCc2nncn2C2CC2)nnn1-c1ccc(-c2ccccc2)cc1. The Labute approximate surface area is 179 Å². The molecular formula is C23H23N7O. The van der Waals surface area contributed by atoms with E-state index in [2.05, 4.69) is 42.5 Å². The summed E-state index contributed by atoms with van der Waals surface area (Å²) in [4.78, 5) is 12.6. The third kappa shape index (κ3) is 3.96. The number of nitrogens with one attached hydrogen (secondary N) is 1. The van der Waals surface area contributed by atoms with E-state index in [4.69, 9.17) is 0 Å². The first kappa shape index (κ1) is 19.2. The second-order valence-corrected chi connectivity index (χ2v) is 7.74. The number of hydrogen-bond acceptors (Lipinski definition) is 5. The summed E-state index contributed by atoms with van der Waals surface area (Å²) >= 11 is 0. The van der Waals surface area contributed by atoms with Gasteiger partial charge < -0.3 is 9.88 Å². The summed E-state index contributed by atoms with van der Waals surface area (Å²) in [5.41, 5.74) is 4.17. The van der Waals surface area contributed by atoms with Crippen molar-refractivity contribution in [1.82, 2.24) is 35.1 Å². The van der Waals surface area contributed by atoms with Crippen LogP contribution in [0.3, 0.4) is 0 Å². The first-order chi connectivity index (χ1) is 15.2. The molecule has 0 saturated heterocycles. The summed E-state index contributed by atoms with van der Waals surface area (Å²) in [5, 5.41) is 19.4. The van der Waals surface area contributed by atoms with E-state index in [9.17, 15) is 4.79 Å². The first-order valence-electron chi connectivity index (χ1n) is 10.5. The highest BCUT2D eigenvalue weighted by molar-refractivity contribution is 5.93. The van der Waals surface area contributed by atoms with Crippen LogP contribution < -0.4 is 5.32 Å². The number of benzene rings is 2. The monoisotopic (exact) mass is 413 g/mol. The second kappa shape index (κ2) is 8.14. The van der Waals surface area contributed by atoms with E-state index in [0.29, 0.717) is 30.4 Å². The molecule has 2 heterocycles. The zero-order valence-electron chi connectivity index (χ0n) is 17.3. The second-order valence-electron chi connectivity index (χ2n) is 7.74. The molecule has 2 aromatic heterocycles. The highest BCUT2D eigenvalue weighted by Crippen LogP contribution is 2.35. The number of hydrogen-bond donors (Lipinski definition) is 1. The van der Waals surface area contributed by atoms with Gasteiger partial charge in [-0.15, -0.1) is 15.3 Å². The summed E-state index contributed by atoms with van der Waals surface area (Å²) in [6, 6.07) is 18.8. The summed E-state index contributed by atoms with van der Waals surface area (Å²) in [6.07, 6.45) is 4.75. The van der Waals surface area contributed by atoms with Crippen LogP contribution in [0.4, 0.5) is 0 Å². The highest BCUT2D eigenvalue weighted by atomic mass is 16.2. The van der Waals surface area contributed by atoms with Crippen molar-refractivity contribution in [2.75, 3.05) is 6.54 Å². The van der Waals surface area contributed by atoms with Crippen molar-refractivity contribution in [2.45, 2.75) is 32.2 Å². The molecule has 1 aliphatic carbocycles. The molecule has 0 atom stereocenters. The largest absolute Gasteiger partial charge is 0.350 e. The van der Waals surface area contributed by atoms with Crippen molar-refractivity contribution >= 4 is 5.91 Å². The molecule has 8 nitrogen and oxygen atoms in total. The third-order valence-corrected chi connectivity index (χ3v) is 5.55. The normalized spacial score (nSPS) is 13.3. The van der Waals surface area contributed by atoms with Crippen molar-refractivity contribution < 1.29 is 4.79 Å². The molecule has 1 N–H and O–H groups in total. The lowest BCUT2D eigenvalue weighted by atomic mass is 10.1. The number of nitrogens with zero attached hydrogens (tertiary/aromatic N) is 6. The molecule has 31 heavy (non-hydrogen) atoms. The number of rotatable bonds is 7. The minimum absolute atomic E-state index is 0.234. The molecule has 1 fully saturated rings. The topological polar surface area (TPSA) is 90.5 Å². The fourth-order valence-corrected chi connectivity index (χ4v) is 3.68. The molecule has 5 rings (SSSR count). The fourth-order valence-electron chi connectivity index (χ4n) is 3.68. The highest BCUT2D eigenvalue weighted by Gasteiger charge is 2.26. The molecule has 1 amide bonds. The van der Waals surface area contributed by atoms with Crippen LogP contribution in [0.25, 0.3) is 16.8 Å². The zero-order chi connectivity index (χ0) is 21.2. The molecule has 0 unspecified atom stereocenters. The van der Waals surface area contributed by atoms with Crippen molar-refractivity contribution in [2.24, 2.45) is 0 Å². The number of amides is 1. The molecule has 1 aliphatic rings. The van der Waals surface area contributed by atoms with E-state index < -0.39 is 0 Å². The van der Waals surface area contributed by atoms with Crippen molar-refractivity contribution in [3.63, 3.8) is 0 Å². The Balaban J connectivity index is 1.25. The molecule has 156 valence electrons. The summed E-state index contributed by atoms with van der Waals surface area (Å²) in [5.74, 6) is 0.670. The van der Waals surface area contributed by atoms with Crippen LogP contribution in [0.5, 0.6) is 0 Å². The van der Waals surface area contributed by atoms with Crippen molar-refractivity contribution in [3.8, 4) is 16.8 Å². The van der Waals surface area contributed by atoms with Crippen LogP contribution in [0.1, 0.15) is 40.9 Å².